The third kappa shape index (κ3) is 4.32. The predicted octanol–water partition coefficient (Wildman–Crippen LogP) is 4.40. The quantitative estimate of drug-likeness (QED) is 0.878. The molecule has 1 N–H and O–H groups in total. The molecule has 1 heterocycles. The first-order valence-corrected chi connectivity index (χ1v) is 8.82. The van der Waals surface area contributed by atoms with E-state index in [0.29, 0.717) is 24.9 Å². The lowest BCUT2D eigenvalue weighted by atomic mass is 9.96. The summed E-state index contributed by atoms with van der Waals surface area (Å²) < 4.78 is 11.1. The van der Waals surface area contributed by atoms with Gasteiger partial charge in [-0.1, -0.05) is 38.1 Å². The second kappa shape index (κ2) is 7.60. The number of anilines is 1. The van der Waals surface area contributed by atoms with Crippen LogP contribution < -0.4 is 14.8 Å². The van der Waals surface area contributed by atoms with E-state index >= 15 is 0 Å². The number of ether oxygens (including phenoxy) is 2. The number of rotatable bonds is 5. The third-order valence-corrected chi connectivity index (χ3v) is 4.33. The molecule has 0 aliphatic carbocycles. The van der Waals surface area contributed by atoms with Gasteiger partial charge < -0.3 is 14.8 Å². The van der Waals surface area contributed by atoms with Gasteiger partial charge in [-0.05, 0) is 42.5 Å². The minimum Gasteiger partial charge on any atom is -0.486 e. The van der Waals surface area contributed by atoms with Crippen molar-refractivity contribution in [2.45, 2.75) is 33.1 Å². The highest BCUT2D eigenvalue weighted by Crippen LogP contribution is 2.33. The first kappa shape index (κ1) is 17.3. The molecule has 0 unspecified atom stereocenters. The van der Waals surface area contributed by atoms with Gasteiger partial charge in [0.15, 0.2) is 11.5 Å². The van der Waals surface area contributed by atoms with Crippen LogP contribution in [0.1, 0.15) is 37.8 Å². The highest BCUT2D eigenvalue weighted by molar-refractivity contribution is 5.95. The van der Waals surface area contributed by atoms with Crippen LogP contribution in [-0.4, -0.2) is 19.1 Å². The van der Waals surface area contributed by atoms with Gasteiger partial charge in [-0.25, -0.2) is 0 Å². The van der Waals surface area contributed by atoms with E-state index in [-0.39, 0.29) is 11.8 Å². The first-order chi connectivity index (χ1) is 12.0. The van der Waals surface area contributed by atoms with E-state index in [2.05, 4.69) is 31.3 Å². The van der Waals surface area contributed by atoms with Crippen molar-refractivity contribution in [2.75, 3.05) is 18.5 Å². The molecule has 1 aliphatic heterocycles. The fourth-order valence-corrected chi connectivity index (χ4v) is 2.94. The largest absolute Gasteiger partial charge is 0.486 e. The minimum atomic E-state index is -0.221. The number of hydrogen-bond donors (Lipinski definition) is 1. The summed E-state index contributed by atoms with van der Waals surface area (Å²) in [6.07, 6.45) is 1.05. The number of nitrogens with one attached hydrogen (secondary N) is 1. The Hall–Kier alpha value is -2.49. The SMILES string of the molecule is CC(C)Cc1ccc([C@H](C)C(=O)Nc2ccc3c(c2)OCCO3)cc1. The standard InChI is InChI=1S/C21H25NO3/c1-14(2)12-16-4-6-17(7-5-16)15(3)21(23)22-18-8-9-19-20(13-18)25-11-10-24-19/h4-9,13-15H,10-12H2,1-3H3,(H,22,23)/t15-/m0/s1. The van der Waals surface area contributed by atoms with Crippen molar-refractivity contribution in [3.63, 3.8) is 0 Å². The molecule has 0 bridgehead atoms. The Balaban J connectivity index is 1.66. The van der Waals surface area contributed by atoms with Crippen LogP contribution in [0, 0.1) is 5.92 Å². The van der Waals surface area contributed by atoms with Crippen LogP contribution >= 0.6 is 0 Å². The second-order valence-electron chi connectivity index (χ2n) is 6.91. The molecule has 25 heavy (non-hydrogen) atoms. The summed E-state index contributed by atoms with van der Waals surface area (Å²) in [5, 5.41) is 2.96. The first-order valence-electron chi connectivity index (χ1n) is 8.82. The Morgan fingerprint density at radius 1 is 1.00 bits per heavy atom. The Bertz CT molecular complexity index is 737. The summed E-state index contributed by atoms with van der Waals surface area (Å²) in [5.74, 6) is 1.77. The highest BCUT2D eigenvalue weighted by atomic mass is 16.6. The van der Waals surface area contributed by atoms with Crippen LogP contribution in [0.15, 0.2) is 42.5 Å². The van der Waals surface area contributed by atoms with Gasteiger partial charge >= 0.3 is 0 Å². The van der Waals surface area contributed by atoms with E-state index < -0.39 is 0 Å². The van der Waals surface area contributed by atoms with E-state index in [1.807, 2.05) is 37.3 Å². The molecule has 3 rings (SSSR count). The van der Waals surface area contributed by atoms with Crippen molar-refractivity contribution < 1.29 is 14.3 Å². The average molecular weight is 339 g/mol. The van der Waals surface area contributed by atoms with Crippen molar-refractivity contribution in [2.24, 2.45) is 5.92 Å². The zero-order chi connectivity index (χ0) is 17.8. The summed E-state index contributed by atoms with van der Waals surface area (Å²) in [6, 6.07) is 13.8. The maximum atomic E-state index is 12.6. The lowest BCUT2D eigenvalue weighted by molar-refractivity contribution is -0.117. The van der Waals surface area contributed by atoms with Gasteiger partial charge in [-0.15, -0.1) is 0 Å². The molecule has 0 saturated carbocycles. The summed E-state index contributed by atoms with van der Waals surface area (Å²) in [7, 11) is 0. The Labute approximate surface area is 149 Å². The van der Waals surface area contributed by atoms with Crippen LogP contribution in [0.3, 0.4) is 0 Å². The smallest absolute Gasteiger partial charge is 0.231 e. The van der Waals surface area contributed by atoms with Crippen molar-refractivity contribution in [1.29, 1.82) is 0 Å². The number of carbonyl (C=O) groups excluding carboxylic acids is 1. The summed E-state index contributed by atoms with van der Waals surface area (Å²) in [4.78, 5) is 12.6. The van der Waals surface area contributed by atoms with Gasteiger partial charge in [-0.3, -0.25) is 4.79 Å². The van der Waals surface area contributed by atoms with E-state index in [4.69, 9.17) is 9.47 Å². The molecule has 0 saturated heterocycles. The van der Waals surface area contributed by atoms with Gasteiger partial charge in [0.25, 0.3) is 0 Å². The zero-order valence-electron chi connectivity index (χ0n) is 15.0. The molecule has 0 spiro atoms. The monoisotopic (exact) mass is 339 g/mol. The molecule has 132 valence electrons. The Kier molecular flexibility index (Phi) is 5.27. The molecule has 1 atom stereocenters. The number of fused-ring (bicyclic) bond motifs is 1. The van der Waals surface area contributed by atoms with E-state index in [9.17, 15) is 4.79 Å². The number of benzene rings is 2. The third-order valence-electron chi connectivity index (χ3n) is 4.33. The Morgan fingerprint density at radius 3 is 2.36 bits per heavy atom. The predicted molar refractivity (Wildman–Crippen MR) is 99.5 cm³/mol. The molecule has 2 aromatic rings. The number of hydrogen-bond acceptors (Lipinski definition) is 3. The van der Waals surface area contributed by atoms with Gasteiger partial charge in [0, 0.05) is 11.8 Å². The van der Waals surface area contributed by atoms with Crippen molar-refractivity contribution >= 4 is 11.6 Å². The van der Waals surface area contributed by atoms with Crippen LogP contribution in [0.4, 0.5) is 5.69 Å². The lowest BCUT2D eigenvalue weighted by Gasteiger charge is -2.19. The summed E-state index contributed by atoms with van der Waals surface area (Å²) >= 11 is 0. The van der Waals surface area contributed by atoms with Gasteiger partial charge in [0.1, 0.15) is 13.2 Å². The van der Waals surface area contributed by atoms with Crippen LogP contribution in [0.25, 0.3) is 0 Å². The molecule has 2 aromatic carbocycles. The maximum absolute atomic E-state index is 12.6. The highest BCUT2D eigenvalue weighted by Gasteiger charge is 2.17. The zero-order valence-corrected chi connectivity index (χ0v) is 15.0. The second-order valence-corrected chi connectivity index (χ2v) is 6.91. The van der Waals surface area contributed by atoms with E-state index in [0.717, 1.165) is 23.4 Å². The molecule has 0 radical (unpaired) electrons. The van der Waals surface area contributed by atoms with Crippen molar-refractivity contribution in [3.8, 4) is 11.5 Å². The fraction of sp³-hybridized carbons (Fsp3) is 0.381. The van der Waals surface area contributed by atoms with E-state index in [1.54, 1.807) is 0 Å². The molecular formula is C21H25NO3. The van der Waals surface area contributed by atoms with E-state index in [1.165, 1.54) is 5.56 Å². The molecule has 4 nitrogen and oxygen atoms in total. The number of carbonyl (C=O) groups is 1. The number of amides is 1. The normalized spacial score (nSPS) is 14.2. The maximum Gasteiger partial charge on any atom is 0.231 e. The molecule has 4 heteroatoms. The summed E-state index contributed by atoms with van der Waals surface area (Å²) in [5.41, 5.74) is 3.04. The average Bonchev–Trinajstić information content (AvgIpc) is 2.61. The molecule has 1 amide bonds. The van der Waals surface area contributed by atoms with Crippen molar-refractivity contribution in [1.82, 2.24) is 0 Å². The topological polar surface area (TPSA) is 47.6 Å². The summed E-state index contributed by atoms with van der Waals surface area (Å²) in [6.45, 7) is 7.42. The molecular weight excluding hydrogens is 314 g/mol. The van der Waals surface area contributed by atoms with Gasteiger partial charge in [0.2, 0.25) is 5.91 Å². The van der Waals surface area contributed by atoms with Crippen LogP contribution in [-0.2, 0) is 11.2 Å². The van der Waals surface area contributed by atoms with Crippen molar-refractivity contribution in [3.05, 3.63) is 53.6 Å². The van der Waals surface area contributed by atoms with Crippen LogP contribution in [0.2, 0.25) is 0 Å². The van der Waals surface area contributed by atoms with Gasteiger partial charge in [-0.2, -0.15) is 0 Å². The lowest BCUT2D eigenvalue weighted by Crippen LogP contribution is -2.19. The fourth-order valence-electron chi connectivity index (χ4n) is 2.94. The molecule has 0 fully saturated rings. The molecule has 0 aromatic heterocycles. The Morgan fingerprint density at radius 2 is 1.68 bits per heavy atom. The molecule has 1 aliphatic rings. The minimum absolute atomic E-state index is 0.0340. The van der Waals surface area contributed by atoms with Crippen LogP contribution in [0.5, 0.6) is 11.5 Å². The van der Waals surface area contributed by atoms with Gasteiger partial charge in [0.05, 0.1) is 5.92 Å².